The summed E-state index contributed by atoms with van der Waals surface area (Å²) in [6, 6.07) is 6.84. The SMILES string of the molecule is CCNC(=O)c1cccc(NC(=O)CNCCOC)c1. The van der Waals surface area contributed by atoms with Crippen LogP contribution >= 0.6 is 0 Å². The van der Waals surface area contributed by atoms with Crippen LogP contribution < -0.4 is 16.0 Å². The Labute approximate surface area is 118 Å². The molecule has 0 radical (unpaired) electrons. The number of ether oxygens (including phenoxy) is 1. The van der Waals surface area contributed by atoms with Crippen molar-refractivity contribution in [2.75, 3.05) is 38.7 Å². The minimum absolute atomic E-state index is 0.151. The summed E-state index contributed by atoms with van der Waals surface area (Å²) in [6.45, 7) is 3.80. The average molecular weight is 279 g/mol. The molecule has 6 heteroatoms. The maximum absolute atomic E-state index is 11.7. The highest BCUT2D eigenvalue weighted by Gasteiger charge is 2.06. The maximum atomic E-state index is 11.7. The second-order valence-electron chi connectivity index (χ2n) is 4.16. The molecule has 1 aromatic rings. The molecule has 6 nitrogen and oxygen atoms in total. The lowest BCUT2D eigenvalue weighted by atomic mass is 10.2. The molecule has 0 saturated carbocycles. The number of carbonyl (C=O) groups excluding carboxylic acids is 2. The van der Waals surface area contributed by atoms with Gasteiger partial charge in [0.1, 0.15) is 0 Å². The molecule has 2 amide bonds. The van der Waals surface area contributed by atoms with E-state index in [0.717, 1.165) is 0 Å². The minimum Gasteiger partial charge on any atom is -0.383 e. The third-order valence-electron chi connectivity index (χ3n) is 2.51. The quantitative estimate of drug-likeness (QED) is 0.609. The molecule has 0 unspecified atom stereocenters. The van der Waals surface area contributed by atoms with Gasteiger partial charge in [-0.25, -0.2) is 0 Å². The Morgan fingerprint density at radius 3 is 2.80 bits per heavy atom. The van der Waals surface area contributed by atoms with Crippen LogP contribution in [-0.2, 0) is 9.53 Å². The average Bonchev–Trinajstić information content (AvgIpc) is 2.44. The predicted molar refractivity (Wildman–Crippen MR) is 77.8 cm³/mol. The van der Waals surface area contributed by atoms with Crippen LogP contribution in [-0.4, -0.2) is 45.2 Å². The van der Waals surface area contributed by atoms with E-state index in [1.54, 1.807) is 31.4 Å². The van der Waals surface area contributed by atoms with E-state index < -0.39 is 0 Å². The van der Waals surface area contributed by atoms with Crippen LogP contribution in [0.1, 0.15) is 17.3 Å². The van der Waals surface area contributed by atoms with Crippen molar-refractivity contribution in [3.63, 3.8) is 0 Å². The molecular formula is C14H21N3O3. The van der Waals surface area contributed by atoms with Crippen LogP contribution in [0.3, 0.4) is 0 Å². The molecule has 0 atom stereocenters. The Morgan fingerprint density at radius 2 is 2.10 bits per heavy atom. The zero-order chi connectivity index (χ0) is 14.8. The van der Waals surface area contributed by atoms with Crippen molar-refractivity contribution in [1.82, 2.24) is 10.6 Å². The number of benzene rings is 1. The number of hydrogen-bond donors (Lipinski definition) is 3. The second kappa shape index (κ2) is 9.06. The zero-order valence-electron chi connectivity index (χ0n) is 11.9. The molecule has 0 spiro atoms. The number of amides is 2. The third-order valence-corrected chi connectivity index (χ3v) is 2.51. The molecule has 110 valence electrons. The van der Waals surface area contributed by atoms with Gasteiger partial charge in [0.2, 0.25) is 5.91 Å². The summed E-state index contributed by atoms with van der Waals surface area (Å²) in [5.41, 5.74) is 1.13. The van der Waals surface area contributed by atoms with E-state index in [4.69, 9.17) is 4.74 Å². The summed E-state index contributed by atoms with van der Waals surface area (Å²) in [7, 11) is 1.61. The molecule has 0 bridgehead atoms. The number of anilines is 1. The van der Waals surface area contributed by atoms with Crippen molar-refractivity contribution in [3.05, 3.63) is 29.8 Å². The van der Waals surface area contributed by atoms with E-state index in [2.05, 4.69) is 16.0 Å². The van der Waals surface area contributed by atoms with Crippen molar-refractivity contribution in [2.24, 2.45) is 0 Å². The van der Waals surface area contributed by atoms with Gasteiger partial charge in [-0.3, -0.25) is 9.59 Å². The van der Waals surface area contributed by atoms with E-state index in [-0.39, 0.29) is 18.4 Å². The number of nitrogens with one attached hydrogen (secondary N) is 3. The molecule has 1 rings (SSSR count). The zero-order valence-corrected chi connectivity index (χ0v) is 11.9. The maximum Gasteiger partial charge on any atom is 0.251 e. The summed E-state index contributed by atoms with van der Waals surface area (Å²) < 4.78 is 4.87. The van der Waals surface area contributed by atoms with E-state index in [0.29, 0.717) is 30.9 Å². The molecule has 0 fully saturated rings. The topological polar surface area (TPSA) is 79.5 Å². The molecule has 0 aliphatic carbocycles. The molecule has 20 heavy (non-hydrogen) atoms. The lowest BCUT2D eigenvalue weighted by molar-refractivity contribution is -0.115. The van der Waals surface area contributed by atoms with Gasteiger partial charge in [-0.05, 0) is 25.1 Å². The molecule has 0 aliphatic heterocycles. The first-order valence-electron chi connectivity index (χ1n) is 6.55. The Kier molecular flexibility index (Phi) is 7.31. The fourth-order valence-electron chi connectivity index (χ4n) is 1.58. The Balaban J connectivity index is 2.49. The van der Waals surface area contributed by atoms with Crippen molar-refractivity contribution < 1.29 is 14.3 Å². The Bertz CT molecular complexity index is 449. The van der Waals surface area contributed by atoms with Crippen molar-refractivity contribution in [3.8, 4) is 0 Å². The van der Waals surface area contributed by atoms with Gasteiger partial charge in [0.05, 0.1) is 13.2 Å². The highest BCUT2D eigenvalue weighted by atomic mass is 16.5. The van der Waals surface area contributed by atoms with Gasteiger partial charge in [0, 0.05) is 31.5 Å². The van der Waals surface area contributed by atoms with Gasteiger partial charge in [-0.2, -0.15) is 0 Å². The molecule has 0 aromatic heterocycles. The fraction of sp³-hybridized carbons (Fsp3) is 0.429. The fourth-order valence-corrected chi connectivity index (χ4v) is 1.58. The Hall–Kier alpha value is -1.92. The second-order valence-corrected chi connectivity index (χ2v) is 4.16. The summed E-state index contributed by atoms with van der Waals surface area (Å²) >= 11 is 0. The van der Waals surface area contributed by atoms with Crippen LogP contribution in [0.25, 0.3) is 0 Å². The van der Waals surface area contributed by atoms with Gasteiger partial charge in [0.15, 0.2) is 0 Å². The summed E-state index contributed by atoms with van der Waals surface area (Å²) in [5.74, 6) is -0.309. The number of rotatable bonds is 8. The van der Waals surface area contributed by atoms with Gasteiger partial charge in [-0.15, -0.1) is 0 Å². The van der Waals surface area contributed by atoms with E-state index in [1.165, 1.54) is 0 Å². The van der Waals surface area contributed by atoms with Crippen molar-refractivity contribution in [1.29, 1.82) is 0 Å². The summed E-state index contributed by atoms with van der Waals surface area (Å²) in [4.78, 5) is 23.3. The minimum atomic E-state index is -0.158. The van der Waals surface area contributed by atoms with Crippen LogP contribution in [0.4, 0.5) is 5.69 Å². The smallest absolute Gasteiger partial charge is 0.251 e. The van der Waals surface area contributed by atoms with Crippen LogP contribution in [0.2, 0.25) is 0 Å². The third kappa shape index (κ3) is 5.81. The first-order valence-corrected chi connectivity index (χ1v) is 6.55. The summed E-state index contributed by atoms with van der Waals surface area (Å²) in [5, 5.41) is 8.39. The number of carbonyl (C=O) groups is 2. The Morgan fingerprint density at radius 1 is 1.30 bits per heavy atom. The largest absolute Gasteiger partial charge is 0.383 e. The van der Waals surface area contributed by atoms with E-state index in [9.17, 15) is 9.59 Å². The number of methoxy groups -OCH3 is 1. The highest BCUT2D eigenvalue weighted by molar-refractivity contribution is 5.97. The van der Waals surface area contributed by atoms with Crippen molar-refractivity contribution >= 4 is 17.5 Å². The molecule has 1 aromatic carbocycles. The first-order chi connectivity index (χ1) is 9.67. The lowest BCUT2D eigenvalue weighted by Gasteiger charge is -2.08. The summed E-state index contributed by atoms with van der Waals surface area (Å²) in [6.07, 6.45) is 0. The van der Waals surface area contributed by atoms with Gasteiger partial charge in [0.25, 0.3) is 5.91 Å². The van der Waals surface area contributed by atoms with Gasteiger partial charge in [-0.1, -0.05) is 6.07 Å². The molecule has 0 heterocycles. The molecule has 3 N–H and O–H groups in total. The highest BCUT2D eigenvalue weighted by Crippen LogP contribution is 2.10. The molecular weight excluding hydrogens is 258 g/mol. The lowest BCUT2D eigenvalue weighted by Crippen LogP contribution is -2.30. The molecule has 0 saturated heterocycles. The normalized spacial score (nSPS) is 10.1. The van der Waals surface area contributed by atoms with E-state index in [1.807, 2.05) is 6.92 Å². The van der Waals surface area contributed by atoms with Crippen molar-refractivity contribution in [2.45, 2.75) is 6.92 Å². The molecule has 0 aliphatic rings. The van der Waals surface area contributed by atoms with Crippen LogP contribution in [0.5, 0.6) is 0 Å². The van der Waals surface area contributed by atoms with E-state index >= 15 is 0 Å². The predicted octanol–water partition coefficient (Wildman–Crippen LogP) is 0.611. The van der Waals surface area contributed by atoms with Crippen LogP contribution in [0, 0.1) is 0 Å². The number of hydrogen-bond acceptors (Lipinski definition) is 4. The monoisotopic (exact) mass is 279 g/mol. The van der Waals surface area contributed by atoms with Crippen LogP contribution in [0.15, 0.2) is 24.3 Å². The standard InChI is InChI=1S/C14H21N3O3/c1-3-16-14(19)11-5-4-6-12(9-11)17-13(18)10-15-7-8-20-2/h4-6,9,15H,3,7-8,10H2,1-2H3,(H,16,19)(H,17,18). The first kappa shape index (κ1) is 16.1. The van der Waals surface area contributed by atoms with Gasteiger partial charge < -0.3 is 20.7 Å². The van der Waals surface area contributed by atoms with Gasteiger partial charge >= 0.3 is 0 Å².